The number of imide groups is 1. The summed E-state index contributed by atoms with van der Waals surface area (Å²) in [5.41, 5.74) is 6.68. The lowest BCUT2D eigenvalue weighted by atomic mass is 9.91. The summed E-state index contributed by atoms with van der Waals surface area (Å²) in [6.45, 7) is 4.88. The lowest BCUT2D eigenvalue weighted by Gasteiger charge is -2.21. The molecule has 0 aliphatic heterocycles. The van der Waals surface area contributed by atoms with Gasteiger partial charge in [0, 0.05) is 21.9 Å². The quantitative estimate of drug-likeness (QED) is 0.189. The first-order valence-electron chi connectivity index (χ1n) is 12.6. The number of urea groups is 1. The van der Waals surface area contributed by atoms with Gasteiger partial charge in [0.15, 0.2) is 0 Å². The molecule has 1 heterocycles. The normalized spacial score (nSPS) is 11.6. The highest BCUT2D eigenvalue weighted by Crippen LogP contribution is 2.42. The Balaban J connectivity index is 1.72. The van der Waals surface area contributed by atoms with Gasteiger partial charge >= 0.3 is 6.03 Å². The SMILES string of the molecule is Cc1c(-c2c(F)cc(C(N)=O)c3[nH]c4cc(C(C)(C)O)ccc4c23)cccc1N(C=O)C(=O)Nc1ccccc1F. The smallest absolute Gasteiger partial charge is 0.333 e. The third-order valence-corrected chi connectivity index (χ3v) is 7.07. The predicted octanol–water partition coefficient (Wildman–Crippen LogP) is 6.10. The second-order valence-corrected chi connectivity index (χ2v) is 10.2. The monoisotopic (exact) mass is 556 g/mol. The zero-order valence-corrected chi connectivity index (χ0v) is 22.4. The summed E-state index contributed by atoms with van der Waals surface area (Å²) >= 11 is 0. The van der Waals surface area contributed by atoms with Crippen molar-refractivity contribution in [1.29, 1.82) is 0 Å². The van der Waals surface area contributed by atoms with Gasteiger partial charge in [0.1, 0.15) is 11.6 Å². The Hall–Kier alpha value is -5.09. The molecule has 41 heavy (non-hydrogen) atoms. The first-order valence-corrected chi connectivity index (χ1v) is 12.6. The van der Waals surface area contributed by atoms with Crippen LogP contribution in [0, 0.1) is 18.6 Å². The van der Waals surface area contributed by atoms with Crippen molar-refractivity contribution in [3.05, 3.63) is 95.1 Å². The second-order valence-electron chi connectivity index (χ2n) is 10.2. The number of hydrogen-bond donors (Lipinski definition) is 4. The second kappa shape index (κ2) is 10.1. The van der Waals surface area contributed by atoms with Crippen LogP contribution in [0.15, 0.2) is 66.7 Å². The van der Waals surface area contributed by atoms with E-state index in [4.69, 9.17) is 5.73 Å². The van der Waals surface area contributed by atoms with Gasteiger partial charge in [0.25, 0.3) is 5.91 Å². The molecule has 0 radical (unpaired) electrons. The van der Waals surface area contributed by atoms with Crippen LogP contribution in [0.3, 0.4) is 0 Å². The maximum absolute atomic E-state index is 15.9. The van der Waals surface area contributed by atoms with Crippen LogP contribution < -0.4 is 16.0 Å². The number of aromatic amines is 1. The van der Waals surface area contributed by atoms with Crippen LogP contribution in [0.4, 0.5) is 25.0 Å². The Bertz CT molecular complexity index is 1870. The number of anilines is 2. The van der Waals surface area contributed by atoms with Crippen LogP contribution in [0.25, 0.3) is 32.9 Å². The molecule has 0 aliphatic carbocycles. The predicted molar refractivity (Wildman–Crippen MR) is 154 cm³/mol. The number of nitrogens with zero attached hydrogens (tertiary/aromatic N) is 1. The van der Waals surface area contributed by atoms with E-state index < -0.39 is 29.2 Å². The van der Waals surface area contributed by atoms with E-state index in [2.05, 4.69) is 10.3 Å². The number of para-hydroxylation sites is 1. The molecule has 0 bridgehead atoms. The molecule has 0 fully saturated rings. The molecular weight excluding hydrogens is 530 g/mol. The number of aromatic nitrogens is 1. The van der Waals surface area contributed by atoms with Crippen molar-refractivity contribution in [2.45, 2.75) is 26.4 Å². The number of hydrogen-bond acceptors (Lipinski definition) is 4. The van der Waals surface area contributed by atoms with E-state index in [1.54, 1.807) is 51.1 Å². The number of rotatable bonds is 6. The molecule has 10 heteroatoms. The van der Waals surface area contributed by atoms with E-state index in [-0.39, 0.29) is 28.9 Å². The summed E-state index contributed by atoms with van der Waals surface area (Å²) in [6.07, 6.45) is 0.286. The maximum Gasteiger partial charge on any atom is 0.333 e. The Kier molecular flexibility index (Phi) is 6.80. The van der Waals surface area contributed by atoms with Gasteiger partial charge in [0.2, 0.25) is 6.41 Å². The van der Waals surface area contributed by atoms with Crippen molar-refractivity contribution >= 4 is 51.5 Å². The number of amides is 4. The van der Waals surface area contributed by atoms with Crippen LogP contribution in [-0.2, 0) is 10.4 Å². The first kappa shape index (κ1) is 27.5. The fourth-order valence-corrected chi connectivity index (χ4v) is 5.00. The molecule has 1 aromatic heterocycles. The molecule has 5 N–H and O–H groups in total. The molecule has 0 spiro atoms. The van der Waals surface area contributed by atoms with Gasteiger partial charge in [-0.2, -0.15) is 0 Å². The lowest BCUT2D eigenvalue weighted by Crippen LogP contribution is -2.34. The van der Waals surface area contributed by atoms with E-state index >= 15 is 4.39 Å². The molecule has 0 unspecified atom stereocenters. The molecular formula is C31H26F2N4O4. The minimum Gasteiger partial charge on any atom is -0.386 e. The summed E-state index contributed by atoms with van der Waals surface area (Å²) in [6, 6.07) is 15.5. The molecule has 4 amide bonds. The molecule has 4 aromatic carbocycles. The summed E-state index contributed by atoms with van der Waals surface area (Å²) < 4.78 is 30.1. The molecule has 0 atom stereocenters. The molecule has 5 rings (SSSR count). The molecule has 0 aliphatic rings. The maximum atomic E-state index is 15.9. The van der Waals surface area contributed by atoms with Gasteiger partial charge in [-0.3, -0.25) is 9.59 Å². The third kappa shape index (κ3) is 4.78. The number of H-pyrrole nitrogens is 1. The van der Waals surface area contributed by atoms with E-state index in [0.29, 0.717) is 38.5 Å². The Labute approximate surface area is 233 Å². The summed E-state index contributed by atoms with van der Waals surface area (Å²) in [5.74, 6) is -2.26. The fraction of sp³-hybridized carbons (Fsp3) is 0.129. The molecule has 0 saturated carbocycles. The minimum atomic E-state index is -1.15. The van der Waals surface area contributed by atoms with E-state index in [1.165, 1.54) is 30.3 Å². The number of nitrogens with one attached hydrogen (secondary N) is 2. The largest absolute Gasteiger partial charge is 0.386 e. The van der Waals surface area contributed by atoms with Gasteiger partial charge < -0.3 is 21.1 Å². The van der Waals surface area contributed by atoms with Crippen LogP contribution in [0.5, 0.6) is 0 Å². The number of carbonyl (C=O) groups excluding carboxylic acids is 3. The van der Waals surface area contributed by atoms with E-state index in [0.717, 1.165) is 11.0 Å². The number of nitrogens with two attached hydrogens (primary N) is 1. The van der Waals surface area contributed by atoms with Crippen molar-refractivity contribution in [1.82, 2.24) is 4.98 Å². The number of carbonyl (C=O) groups is 3. The average molecular weight is 557 g/mol. The Morgan fingerprint density at radius 1 is 1.02 bits per heavy atom. The fourth-order valence-electron chi connectivity index (χ4n) is 5.00. The van der Waals surface area contributed by atoms with Crippen molar-refractivity contribution in [2.24, 2.45) is 5.73 Å². The highest BCUT2D eigenvalue weighted by molar-refractivity contribution is 6.20. The zero-order chi connectivity index (χ0) is 29.6. The molecule has 0 saturated heterocycles. The van der Waals surface area contributed by atoms with E-state index in [1.807, 2.05) is 0 Å². The number of fused-ring (bicyclic) bond motifs is 3. The number of aliphatic hydroxyl groups is 1. The first-order chi connectivity index (χ1) is 19.4. The van der Waals surface area contributed by atoms with Crippen molar-refractivity contribution < 1.29 is 28.3 Å². The van der Waals surface area contributed by atoms with Crippen molar-refractivity contribution in [3.63, 3.8) is 0 Å². The van der Waals surface area contributed by atoms with Gasteiger partial charge in [-0.25, -0.2) is 18.5 Å². The third-order valence-electron chi connectivity index (χ3n) is 7.07. The summed E-state index contributed by atoms with van der Waals surface area (Å²) in [5, 5.41) is 13.8. The summed E-state index contributed by atoms with van der Waals surface area (Å²) in [7, 11) is 0. The van der Waals surface area contributed by atoms with Crippen LogP contribution in [0.1, 0.15) is 35.3 Å². The van der Waals surface area contributed by atoms with Crippen LogP contribution in [-0.4, -0.2) is 28.4 Å². The zero-order valence-electron chi connectivity index (χ0n) is 22.4. The van der Waals surface area contributed by atoms with E-state index in [9.17, 15) is 23.9 Å². The van der Waals surface area contributed by atoms with Gasteiger partial charge in [0.05, 0.1) is 28.1 Å². The van der Waals surface area contributed by atoms with Gasteiger partial charge in [-0.1, -0.05) is 36.4 Å². The standard InChI is InChI=1S/C31H26F2N4O4/c1-16-18(7-6-10-25(16)37(15-38)30(40)36-23-9-5-4-8-21(23)32)26-22(33)14-20(29(34)39)28-27(26)19-12-11-17(31(2,3)41)13-24(19)35-28/h4-15,35,41H,1-3H3,(H2,34,39)(H,36,40). The summed E-state index contributed by atoms with van der Waals surface area (Å²) in [4.78, 5) is 41.3. The van der Waals surface area contributed by atoms with Gasteiger partial charge in [-0.15, -0.1) is 0 Å². The molecule has 5 aromatic rings. The highest BCUT2D eigenvalue weighted by atomic mass is 19.1. The highest BCUT2D eigenvalue weighted by Gasteiger charge is 2.26. The Morgan fingerprint density at radius 3 is 2.41 bits per heavy atom. The average Bonchev–Trinajstić information content (AvgIpc) is 3.29. The van der Waals surface area contributed by atoms with Crippen molar-refractivity contribution in [3.8, 4) is 11.1 Å². The number of benzene rings is 4. The molecule has 208 valence electrons. The Morgan fingerprint density at radius 2 is 1.76 bits per heavy atom. The van der Waals surface area contributed by atoms with Crippen LogP contribution in [0.2, 0.25) is 0 Å². The lowest BCUT2D eigenvalue weighted by molar-refractivity contribution is -0.106. The van der Waals surface area contributed by atoms with Crippen LogP contribution >= 0.6 is 0 Å². The minimum absolute atomic E-state index is 0.0603. The van der Waals surface area contributed by atoms with Gasteiger partial charge in [-0.05, 0) is 67.8 Å². The molecule has 8 nitrogen and oxygen atoms in total. The van der Waals surface area contributed by atoms with Crippen molar-refractivity contribution in [2.75, 3.05) is 10.2 Å². The topological polar surface area (TPSA) is 129 Å². The number of primary amides is 1. The number of halogens is 2.